The van der Waals surface area contributed by atoms with Crippen LogP contribution in [0.3, 0.4) is 0 Å². The molecule has 2 aliphatic rings. The predicted octanol–water partition coefficient (Wildman–Crippen LogP) is 2.48. The smallest absolute Gasteiger partial charge is 0.122 e. The van der Waals surface area contributed by atoms with Gasteiger partial charge in [0.25, 0.3) is 0 Å². The van der Waals surface area contributed by atoms with Gasteiger partial charge < -0.3 is 15.0 Å². The van der Waals surface area contributed by atoms with Crippen molar-refractivity contribution >= 4 is 0 Å². The maximum atomic E-state index is 5.77. The third-order valence-electron chi connectivity index (χ3n) is 4.71. The number of piperidine rings is 1. The van der Waals surface area contributed by atoms with E-state index in [1.165, 1.54) is 44.5 Å². The Morgan fingerprint density at radius 2 is 2.05 bits per heavy atom. The molecule has 2 heterocycles. The van der Waals surface area contributed by atoms with Gasteiger partial charge in [-0.05, 0) is 57.9 Å². The van der Waals surface area contributed by atoms with Crippen LogP contribution in [0.2, 0.25) is 0 Å². The number of hydrogen-bond donors (Lipinski definition) is 1. The summed E-state index contributed by atoms with van der Waals surface area (Å²) in [5.41, 5.74) is 1.39. The number of nitrogens with one attached hydrogen (secondary N) is 1. The standard InChI is InChI=1S/C17H26N2O/c1-19(11-8-14-6-9-18-10-7-14)12-15-13-20-17-5-3-2-4-16(15)17/h2-5,14-15,18H,6-13H2,1H3. The molecule has 0 radical (unpaired) electrons. The zero-order chi connectivity index (χ0) is 13.8. The lowest BCUT2D eigenvalue weighted by Crippen LogP contribution is -2.31. The van der Waals surface area contributed by atoms with Crippen LogP contribution in [0, 0.1) is 5.92 Å². The number of nitrogens with zero attached hydrogens (tertiary/aromatic N) is 1. The van der Waals surface area contributed by atoms with Crippen molar-refractivity contribution < 1.29 is 4.74 Å². The topological polar surface area (TPSA) is 24.5 Å². The Hall–Kier alpha value is -1.06. The molecule has 0 spiro atoms. The van der Waals surface area contributed by atoms with Crippen molar-refractivity contribution in [3.05, 3.63) is 29.8 Å². The second-order valence-electron chi connectivity index (χ2n) is 6.29. The molecule has 1 atom stereocenters. The van der Waals surface area contributed by atoms with Gasteiger partial charge in [0.2, 0.25) is 0 Å². The van der Waals surface area contributed by atoms with Gasteiger partial charge in [-0.2, -0.15) is 0 Å². The molecule has 1 saturated heterocycles. The van der Waals surface area contributed by atoms with Crippen molar-refractivity contribution in [1.82, 2.24) is 10.2 Å². The molecular formula is C17H26N2O. The van der Waals surface area contributed by atoms with Crippen molar-refractivity contribution in [3.63, 3.8) is 0 Å². The van der Waals surface area contributed by atoms with Gasteiger partial charge in [0, 0.05) is 18.0 Å². The number of rotatable bonds is 5. The Balaban J connectivity index is 1.46. The maximum Gasteiger partial charge on any atom is 0.122 e. The zero-order valence-electron chi connectivity index (χ0n) is 12.5. The molecule has 0 bridgehead atoms. The largest absolute Gasteiger partial charge is 0.493 e. The quantitative estimate of drug-likeness (QED) is 0.893. The van der Waals surface area contributed by atoms with Crippen molar-refractivity contribution in [2.45, 2.75) is 25.2 Å². The molecule has 3 rings (SSSR count). The highest BCUT2D eigenvalue weighted by molar-refractivity contribution is 5.39. The molecule has 1 fully saturated rings. The zero-order valence-corrected chi connectivity index (χ0v) is 12.5. The first-order valence-electron chi connectivity index (χ1n) is 7.94. The summed E-state index contributed by atoms with van der Waals surface area (Å²) < 4.78 is 5.77. The minimum Gasteiger partial charge on any atom is -0.493 e. The highest BCUT2D eigenvalue weighted by Gasteiger charge is 2.24. The SMILES string of the molecule is CN(CCC1CCNCC1)CC1COc2ccccc21. The van der Waals surface area contributed by atoms with Gasteiger partial charge in [-0.3, -0.25) is 0 Å². The van der Waals surface area contributed by atoms with Crippen LogP contribution in [0.25, 0.3) is 0 Å². The number of benzene rings is 1. The van der Waals surface area contributed by atoms with E-state index in [2.05, 4.69) is 41.5 Å². The lowest BCUT2D eigenvalue weighted by atomic mass is 9.94. The monoisotopic (exact) mass is 274 g/mol. The molecule has 2 aliphatic heterocycles. The Bertz CT molecular complexity index is 429. The summed E-state index contributed by atoms with van der Waals surface area (Å²) in [6.45, 7) is 5.58. The van der Waals surface area contributed by atoms with E-state index < -0.39 is 0 Å². The number of para-hydroxylation sites is 1. The molecule has 0 saturated carbocycles. The summed E-state index contributed by atoms with van der Waals surface area (Å²) in [5, 5.41) is 3.44. The lowest BCUT2D eigenvalue weighted by molar-refractivity contribution is 0.241. The average Bonchev–Trinajstić information content (AvgIpc) is 2.90. The molecule has 3 heteroatoms. The van der Waals surface area contributed by atoms with Gasteiger partial charge in [0.15, 0.2) is 0 Å². The highest BCUT2D eigenvalue weighted by atomic mass is 16.5. The molecule has 20 heavy (non-hydrogen) atoms. The summed E-state index contributed by atoms with van der Waals surface area (Å²) in [7, 11) is 2.25. The van der Waals surface area contributed by atoms with E-state index in [1.54, 1.807) is 0 Å². The first-order valence-corrected chi connectivity index (χ1v) is 7.94. The number of likely N-dealkylation sites (N-methyl/N-ethyl adjacent to an activating group) is 1. The van der Waals surface area contributed by atoms with Crippen LogP contribution in [-0.2, 0) is 0 Å². The van der Waals surface area contributed by atoms with E-state index in [0.29, 0.717) is 5.92 Å². The third kappa shape index (κ3) is 3.33. The summed E-state index contributed by atoms with van der Waals surface area (Å²) >= 11 is 0. The van der Waals surface area contributed by atoms with Gasteiger partial charge in [-0.15, -0.1) is 0 Å². The van der Waals surface area contributed by atoms with Crippen molar-refractivity contribution in [2.24, 2.45) is 5.92 Å². The molecule has 3 nitrogen and oxygen atoms in total. The van der Waals surface area contributed by atoms with Gasteiger partial charge in [-0.25, -0.2) is 0 Å². The van der Waals surface area contributed by atoms with E-state index in [4.69, 9.17) is 4.74 Å². The van der Waals surface area contributed by atoms with Crippen LogP contribution in [-0.4, -0.2) is 44.7 Å². The van der Waals surface area contributed by atoms with Crippen LogP contribution >= 0.6 is 0 Å². The summed E-state index contributed by atoms with van der Waals surface area (Å²) in [5.74, 6) is 2.55. The Labute approximate surface area is 122 Å². The molecule has 1 aromatic carbocycles. The van der Waals surface area contributed by atoms with Crippen LogP contribution in [0.15, 0.2) is 24.3 Å². The molecule has 110 valence electrons. The minimum atomic E-state index is 0.546. The molecule has 1 aromatic rings. The van der Waals surface area contributed by atoms with Gasteiger partial charge in [0.1, 0.15) is 5.75 Å². The van der Waals surface area contributed by atoms with Gasteiger partial charge >= 0.3 is 0 Å². The summed E-state index contributed by atoms with van der Waals surface area (Å²) in [6.07, 6.45) is 4.04. The third-order valence-corrected chi connectivity index (χ3v) is 4.71. The van der Waals surface area contributed by atoms with Gasteiger partial charge in [-0.1, -0.05) is 18.2 Å². The van der Waals surface area contributed by atoms with Crippen LogP contribution in [0.5, 0.6) is 5.75 Å². The maximum absolute atomic E-state index is 5.77. The Kier molecular flexibility index (Phi) is 4.58. The molecule has 0 amide bonds. The fourth-order valence-electron chi connectivity index (χ4n) is 3.42. The van der Waals surface area contributed by atoms with E-state index >= 15 is 0 Å². The second kappa shape index (κ2) is 6.59. The molecular weight excluding hydrogens is 248 g/mol. The molecule has 0 aromatic heterocycles. The molecule has 1 N–H and O–H groups in total. The summed E-state index contributed by atoms with van der Waals surface area (Å²) in [6, 6.07) is 8.48. The van der Waals surface area contributed by atoms with Crippen molar-refractivity contribution in [3.8, 4) is 5.75 Å². The van der Waals surface area contributed by atoms with E-state index in [0.717, 1.165) is 24.8 Å². The average molecular weight is 274 g/mol. The van der Waals surface area contributed by atoms with E-state index in [9.17, 15) is 0 Å². The molecule has 0 aliphatic carbocycles. The van der Waals surface area contributed by atoms with Gasteiger partial charge in [0.05, 0.1) is 6.61 Å². The number of hydrogen-bond acceptors (Lipinski definition) is 3. The Morgan fingerprint density at radius 3 is 2.90 bits per heavy atom. The fraction of sp³-hybridized carbons (Fsp3) is 0.647. The first kappa shape index (κ1) is 13.9. The van der Waals surface area contributed by atoms with Crippen LogP contribution in [0.1, 0.15) is 30.7 Å². The number of fused-ring (bicyclic) bond motifs is 1. The second-order valence-corrected chi connectivity index (χ2v) is 6.29. The normalized spacial score (nSPS) is 22.8. The highest BCUT2D eigenvalue weighted by Crippen LogP contribution is 2.33. The van der Waals surface area contributed by atoms with E-state index in [1.807, 2.05) is 0 Å². The Morgan fingerprint density at radius 1 is 1.25 bits per heavy atom. The predicted molar refractivity (Wildman–Crippen MR) is 82.4 cm³/mol. The lowest BCUT2D eigenvalue weighted by Gasteiger charge is -2.26. The molecule has 1 unspecified atom stereocenters. The first-order chi connectivity index (χ1) is 9.83. The van der Waals surface area contributed by atoms with Crippen molar-refractivity contribution in [1.29, 1.82) is 0 Å². The minimum absolute atomic E-state index is 0.546. The van der Waals surface area contributed by atoms with Crippen LogP contribution < -0.4 is 10.1 Å². The number of ether oxygens (including phenoxy) is 1. The van der Waals surface area contributed by atoms with Crippen LogP contribution in [0.4, 0.5) is 0 Å². The summed E-state index contributed by atoms with van der Waals surface area (Å²) in [4.78, 5) is 2.48. The van der Waals surface area contributed by atoms with E-state index in [-0.39, 0.29) is 0 Å². The van der Waals surface area contributed by atoms with Crippen molar-refractivity contribution in [2.75, 3.05) is 39.8 Å². The fourth-order valence-corrected chi connectivity index (χ4v) is 3.42.